The Hall–Kier alpha value is -1.44. The van der Waals surface area contributed by atoms with Crippen LogP contribution in [0, 0.1) is 0 Å². The summed E-state index contributed by atoms with van der Waals surface area (Å²) in [5, 5.41) is 17.6. The number of carbonyl (C=O) groups is 1. The van der Waals surface area contributed by atoms with Crippen LogP contribution in [0.5, 0.6) is 0 Å². The monoisotopic (exact) mass is 301 g/mol. The van der Waals surface area contributed by atoms with Crippen LogP contribution in [0.4, 0.5) is 0 Å². The zero-order valence-electron chi connectivity index (χ0n) is 11.5. The molecule has 0 aromatic heterocycles. The van der Waals surface area contributed by atoms with E-state index in [9.17, 15) is 13.2 Å². The Kier molecular flexibility index (Phi) is 5.27. The second-order valence-electron chi connectivity index (χ2n) is 5.22. The Morgan fingerprint density at radius 3 is 2.25 bits per heavy atom. The molecule has 0 unspecified atom stereocenters. The molecule has 0 radical (unpaired) electrons. The number of hydrogen-bond acceptors (Lipinski definition) is 4. The van der Waals surface area contributed by atoms with Crippen molar-refractivity contribution in [1.82, 2.24) is 4.72 Å². The number of hydrogen-bond donors (Lipinski definition) is 3. The van der Waals surface area contributed by atoms with Crippen LogP contribution < -0.4 is 4.72 Å². The first-order valence-corrected chi connectivity index (χ1v) is 7.75. The SMILES string of the molecule is CC(C)(CCO)NS(=O)(=O)Cc1ccc(C(=O)O)cc1. The van der Waals surface area contributed by atoms with Gasteiger partial charge in [-0.15, -0.1) is 0 Å². The van der Waals surface area contributed by atoms with Gasteiger partial charge in [-0.25, -0.2) is 17.9 Å². The molecule has 0 bridgehead atoms. The van der Waals surface area contributed by atoms with Crippen molar-refractivity contribution in [2.24, 2.45) is 0 Å². The molecule has 3 N–H and O–H groups in total. The molecule has 6 nitrogen and oxygen atoms in total. The van der Waals surface area contributed by atoms with Crippen molar-refractivity contribution in [3.8, 4) is 0 Å². The maximum atomic E-state index is 12.0. The smallest absolute Gasteiger partial charge is 0.335 e. The minimum absolute atomic E-state index is 0.108. The quantitative estimate of drug-likeness (QED) is 0.696. The van der Waals surface area contributed by atoms with Gasteiger partial charge in [0.2, 0.25) is 10.0 Å². The van der Waals surface area contributed by atoms with Gasteiger partial charge in [-0.3, -0.25) is 0 Å². The van der Waals surface area contributed by atoms with Crippen LogP contribution in [0.1, 0.15) is 36.2 Å². The number of aliphatic hydroxyl groups excluding tert-OH is 1. The Labute approximate surface area is 118 Å². The molecule has 20 heavy (non-hydrogen) atoms. The summed E-state index contributed by atoms with van der Waals surface area (Å²) in [5.41, 5.74) is -0.115. The van der Waals surface area contributed by atoms with Gasteiger partial charge in [0.05, 0.1) is 11.3 Å². The molecule has 0 amide bonds. The number of carboxylic acids is 1. The maximum Gasteiger partial charge on any atom is 0.335 e. The average molecular weight is 301 g/mol. The first kappa shape index (κ1) is 16.6. The summed E-state index contributed by atoms with van der Waals surface area (Å²) in [6.45, 7) is 3.27. The van der Waals surface area contributed by atoms with Crippen LogP contribution in [-0.4, -0.2) is 36.7 Å². The Morgan fingerprint density at radius 1 is 1.25 bits per heavy atom. The molecule has 7 heteroatoms. The minimum atomic E-state index is -3.56. The van der Waals surface area contributed by atoms with E-state index in [1.165, 1.54) is 24.3 Å². The lowest BCUT2D eigenvalue weighted by Gasteiger charge is -2.25. The zero-order chi connectivity index (χ0) is 15.4. The maximum absolute atomic E-state index is 12.0. The van der Waals surface area contributed by atoms with Gasteiger partial charge in [0.15, 0.2) is 0 Å². The normalized spacial score (nSPS) is 12.3. The van der Waals surface area contributed by atoms with E-state index in [1.807, 2.05) is 0 Å². The van der Waals surface area contributed by atoms with Crippen LogP contribution in [0.2, 0.25) is 0 Å². The van der Waals surface area contributed by atoms with Crippen molar-refractivity contribution >= 4 is 16.0 Å². The van der Waals surface area contributed by atoms with Gasteiger partial charge >= 0.3 is 5.97 Å². The van der Waals surface area contributed by atoms with Crippen molar-refractivity contribution in [2.75, 3.05) is 6.61 Å². The first-order chi connectivity index (χ1) is 9.15. The molecule has 112 valence electrons. The Bertz CT molecular complexity index is 563. The summed E-state index contributed by atoms with van der Waals surface area (Å²) in [6.07, 6.45) is 0.310. The second kappa shape index (κ2) is 6.34. The van der Waals surface area contributed by atoms with E-state index >= 15 is 0 Å². The summed E-state index contributed by atoms with van der Waals surface area (Å²) in [7, 11) is -3.56. The Morgan fingerprint density at radius 2 is 1.80 bits per heavy atom. The van der Waals surface area contributed by atoms with E-state index < -0.39 is 21.5 Å². The molecule has 0 spiro atoms. The summed E-state index contributed by atoms with van der Waals surface area (Å²) in [6, 6.07) is 5.68. The largest absolute Gasteiger partial charge is 0.478 e. The molecule has 0 atom stereocenters. The zero-order valence-corrected chi connectivity index (χ0v) is 12.3. The number of nitrogens with one attached hydrogen (secondary N) is 1. The van der Waals surface area contributed by atoms with Crippen LogP contribution in [0.3, 0.4) is 0 Å². The topological polar surface area (TPSA) is 104 Å². The lowest BCUT2D eigenvalue weighted by Crippen LogP contribution is -2.44. The molecule has 0 saturated heterocycles. The van der Waals surface area contributed by atoms with Crippen molar-refractivity contribution < 1.29 is 23.4 Å². The van der Waals surface area contributed by atoms with E-state index in [4.69, 9.17) is 10.2 Å². The number of carboxylic acid groups (broad SMARTS) is 1. The predicted octanol–water partition coefficient (Wildman–Crippen LogP) is 0.965. The molecule has 1 aromatic carbocycles. The highest BCUT2D eigenvalue weighted by Crippen LogP contribution is 2.13. The van der Waals surface area contributed by atoms with Gasteiger partial charge in [-0.2, -0.15) is 0 Å². The van der Waals surface area contributed by atoms with E-state index in [1.54, 1.807) is 13.8 Å². The summed E-state index contributed by atoms with van der Waals surface area (Å²) in [5.74, 6) is -1.29. The molecular formula is C13H19NO5S. The average Bonchev–Trinajstić information content (AvgIpc) is 2.26. The number of sulfonamides is 1. The fourth-order valence-electron chi connectivity index (χ4n) is 1.75. The highest BCUT2D eigenvalue weighted by Gasteiger charge is 2.24. The third kappa shape index (κ3) is 5.28. The van der Waals surface area contributed by atoms with Crippen molar-refractivity contribution in [3.05, 3.63) is 35.4 Å². The van der Waals surface area contributed by atoms with E-state index in [0.29, 0.717) is 12.0 Å². The molecular weight excluding hydrogens is 282 g/mol. The molecule has 0 aliphatic heterocycles. The molecule has 1 aromatic rings. The van der Waals surface area contributed by atoms with Gasteiger partial charge in [0.1, 0.15) is 0 Å². The fraction of sp³-hybridized carbons (Fsp3) is 0.462. The highest BCUT2D eigenvalue weighted by molar-refractivity contribution is 7.88. The van der Waals surface area contributed by atoms with Crippen molar-refractivity contribution in [3.63, 3.8) is 0 Å². The van der Waals surface area contributed by atoms with Crippen molar-refractivity contribution in [2.45, 2.75) is 31.6 Å². The van der Waals surface area contributed by atoms with Gasteiger partial charge < -0.3 is 10.2 Å². The third-order valence-corrected chi connectivity index (χ3v) is 4.30. The lowest BCUT2D eigenvalue weighted by molar-refractivity contribution is 0.0697. The molecule has 0 heterocycles. The first-order valence-electron chi connectivity index (χ1n) is 6.10. The third-order valence-electron chi connectivity index (χ3n) is 2.73. The number of rotatable bonds is 7. The summed E-state index contributed by atoms with van der Waals surface area (Å²) < 4.78 is 26.5. The fourth-order valence-corrected chi connectivity index (χ4v) is 3.40. The highest BCUT2D eigenvalue weighted by atomic mass is 32.2. The van der Waals surface area contributed by atoms with Gasteiger partial charge in [-0.05, 0) is 38.0 Å². The van der Waals surface area contributed by atoms with E-state index in [2.05, 4.69) is 4.72 Å². The van der Waals surface area contributed by atoms with Crippen molar-refractivity contribution in [1.29, 1.82) is 0 Å². The molecule has 0 saturated carbocycles. The Balaban J connectivity index is 2.78. The predicted molar refractivity (Wildman–Crippen MR) is 74.9 cm³/mol. The molecule has 0 fully saturated rings. The van der Waals surface area contributed by atoms with Crippen LogP contribution >= 0.6 is 0 Å². The summed E-state index contributed by atoms with van der Waals surface area (Å²) >= 11 is 0. The summed E-state index contributed by atoms with van der Waals surface area (Å²) in [4.78, 5) is 10.7. The number of aromatic carboxylic acids is 1. The number of aliphatic hydroxyl groups is 1. The standard InChI is InChI=1S/C13H19NO5S/c1-13(2,7-8-15)14-20(18,19)9-10-3-5-11(6-4-10)12(16)17/h3-6,14-15H,7-9H2,1-2H3,(H,16,17). The molecule has 1 rings (SSSR count). The molecule has 0 aliphatic rings. The van der Waals surface area contributed by atoms with Gasteiger partial charge in [0.25, 0.3) is 0 Å². The van der Waals surface area contributed by atoms with Crippen LogP contribution in [-0.2, 0) is 15.8 Å². The van der Waals surface area contributed by atoms with E-state index in [-0.39, 0.29) is 17.9 Å². The number of benzene rings is 1. The van der Waals surface area contributed by atoms with Gasteiger partial charge in [0, 0.05) is 12.1 Å². The molecule has 0 aliphatic carbocycles. The lowest BCUT2D eigenvalue weighted by atomic mass is 10.0. The van der Waals surface area contributed by atoms with Gasteiger partial charge in [-0.1, -0.05) is 12.1 Å². The second-order valence-corrected chi connectivity index (χ2v) is 6.94. The minimum Gasteiger partial charge on any atom is -0.478 e. The van der Waals surface area contributed by atoms with Crippen LogP contribution in [0.15, 0.2) is 24.3 Å². The van der Waals surface area contributed by atoms with E-state index in [0.717, 1.165) is 0 Å². The van der Waals surface area contributed by atoms with Crippen LogP contribution in [0.25, 0.3) is 0 Å².